The summed E-state index contributed by atoms with van der Waals surface area (Å²) >= 11 is 3.46. The van der Waals surface area contributed by atoms with E-state index in [0.29, 0.717) is 29.1 Å². The van der Waals surface area contributed by atoms with Crippen molar-refractivity contribution in [1.29, 1.82) is 0 Å². The average molecular weight is 429 g/mol. The summed E-state index contributed by atoms with van der Waals surface area (Å²) in [6.45, 7) is 0.529. The molecule has 1 aromatic heterocycles. The molecule has 0 unspecified atom stereocenters. The van der Waals surface area contributed by atoms with Crippen LogP contribution in [0.2, 0.25) is 0 Å². The molecule has 3 nitrogen and oxygen atoms in total. The average Bonchev–Trinajstić information content (AvgIpc) is 2.72. The van der Waals surface area contributed by atoms with Crippen LogP contribution in [-0.2, 0) is 0 Å². The van der Waals surface area contributed by atoms with Crippen LogP contribution < -0.4 is 10.2 Å². The normalized spacial score (nSPS) is 11.0. The predicted octanol–water partition coefficient (Wildman–Crippen LogP) is 6.57. The van der Waals surface area contributed by atoms with Gasteiger partial charge < -0.3 is 9.15 Å². The maximum Gasteiger partial charge on any atom is 0.235 e. The lowest BCUT2D eigenvalue weighted by Gasteiger charge is -2.11. The zero-order valence-corrected chi connectivity index (χ0v) is 17.0. The van der Waals surface area contributed by atoms with Crippen LogP contribution in [0.5, 0.6) is 5.75 Å². The smallest absolute Gasteiger partial charge is 0.235 e. The second kappa shape index (κ2) is 10.3. The van der Waals surface area contributed by atoms with Crippen molar-refractivity contribution in [3.8, 4) is 17.1 Å². The highest BCUT2D eigenvalue weighted by atomic mass is 79.9. The standard InChI is InChI=1S/C23H25BrO3/c24-16-10-3-1-2-4-11-17-26-23-21(25)19-14-8-9-15-20(19)27-22(23)18-12-6-5-7-13-18/h5-9,12-15H,1-4,10-11,16-17H2. The van der Waals surface area contributed by atoms with Crippen LogP contribution in [0.15, 0.2) is 63.8 Å². The lowest BCUT2D eigenvalue weighted by molar-refractivity contribution is 0.297. The molecule has 0 fully saturated rings. The van der Waals surface area contributed by atoms with Gasteiger partial charge in [0.1, 0.15) is 5.58 Å². The van der Waals surface area contributed by atoms with Gasteiger partial charge in [0.15, 0.2) is 5.76 Å². The van der Waals surface area contributed by atoms with E-state index in [4.69, 9.17) is 9.15 Å². The van der Waals surface area contributed by atoms with Crippen molar-refractivity contribution in [2.75, 3.05) is 11.9 Å². The molecule has 0 aliphatic rings. The molecule has 1 heterocycles. The third-order valence-corrected chi connectivity index (χ3v) is 5.13. The molecule has 0 bridgehead atoms. The summed E-state index contributed by atoms with van der Waals surface area (Å²) in [5.41, 5.74) is 1.33. The quantitative estimate of drug-likeness (QED) is 0.270. The number of rotatable bonds is 10. The Hall–Kier alpha value is -2.07. The first-order chi connectivity index (χ1) is 13.3. The first kappa shape index (κ1) is 19.7. The number of unbranched alkanes of at least 4 members (excludes halogenated alkanes) is 5. The highest BCUT2D eigenvalue weighted by molar-refractivity contribution is 9.09. The van der Waals surface area contributed by atoms with Crippen molar-refractivity contribution >= 4 is 26.9 Å². The molecule has 3 rings (SSSR count). The van der Waals surface area contributed by atoms with E-state index in [0.717, 1.165) is 23.7 Å². The highest BCUT2D eigenvalue weighted by Crippen LogP contribution is 2.30. The van der Waals surface area contributed by atoms with Crippen molar-refractivity contribution in [2.45, 2.75) is 38.5 Å². The number of halogens is 1. The van der Waals surface area contributed by atoms with Gasteiger partial charge in [-0.25, -0.2) is 0 Å². The molecule has 142 valence electrons. The monoisotopic (exact) mass is 428 g/mol. The summed E-state index contributed by atoms with van der Waals surface area (Å²) < 4.78 is 12.0. The fraction of sp³-hybridized carbons (Fsp3) is 0.348. The van der Waals surface area contributed by atoms with E-state index in [-0.39, 0.29) is 5.43 Å². The van der Waals surface area contributed by atoms with Crippen molar-refractivity contribution < 1.29 is 9.15 Å². The Kier molecular flexibility index (Phi) is 7.52. The van der Waals surface area contributed by atoms with E-state index in [9.17, 15) is 4.79 Å². The molecule has 0 saturated heterocycles. The van der Waals surface area contributed by atoms with E-state index < -0.39 is 0 Å². The summed E-state index contributed by atoms with van der Waals surface area (Å²) in [5, 5.41) is 1.64. The lowest BCUT2D eigenvalue weighted by atomic mass is 10.1. The topological polar surface area (TPSA) is 39.4 Å². The molecule has 0 saturated carbocycles. The minimum Gasteiger partial charge on any atom is -0.486 e. The largest absolute Gasteiger partial charge is 0.486 e. The number of hydrogen-bond donors (Lipinski definition) is 0. The molecule has 0 spiro atoms. The van der Waals surface area contributed by atoms with Gasteiger partial charge in [0.05, 0.1) is 12.0 Å². The SMILES string of the molecule is O=c1c(OCCCCCCCCBr)c(-c2ccccc2)oc2ccccc12. The maximum absolute atomic E-state index is 13.0. The van der Waals surface area contributed by atoms with Gasteiger partial charge >= 0.3 is 0 Å². The minimum absolute atomic E-state index is 0.104. The van der Waals surface area contributed by atoms with E-state index in [2.05, 4.69) is 15.9 Å². The Morgan fingerprint density at radius 2 is 1.48 bits per heavy atom. The van der Waals surface area contributed by atoms with Gasteiger partial charge in [0.25, 0.3) is 0 Å². The van der Waals surface area contributed by atoms with Gasteiger partial charge in [-0.05, 0) is 25.0 Å². The summed E-state index contributed by atoms with van der Waals surface area (Å²) in [5.74, 6) is 0.829. The molecule has 0 atom stereocenters. The van der Waals surface area contributed by atoms with Crippen molar-refractivity contribution in [2.24, 2.45) is 0 Å². The molecule has 0 N–H and O–H groups in total. The van der Waals surface area contributed by atoms with Gasteiger partial charge in [-0.3, -0.25) is 4.79 Å². The fourth-order valence-electron chi connectivity index (χ4n) is 3.11. The number of benzene rings is 2. The minimum atomic E-state index is -0.104. The molecule has 0 amide bonds. The molecular weight excluding hydrogens is 404 g/mol. The zero-order chi connectivity index (χ0) is 18.9. The van der Waals surface area contributed by atoms with Crippen molar-refractivity contribution in [3.05, 3.63) is 64.8 Å². The van der Waals surface area contributed by atoms with Gasteiger partial charge in [-0.15, -0.1) is 0 Å². The number of para-hydroxylation sites is 1. The lowest BCUT2D eigenvalue weighted by Crippen LogP contribution is -2.11. The summed E-state index contributed by atoms with van der Waals surface area (Å²) in [6, 6.07) is 17.0. The van der Waals surface area contributed by atoms with Gasteiger partial charge in [-0.1, -0.05) is 84.1 Å². The molecule has 4 heteroatoms. The van der Waals surface area contributed by atoms with Crippen LogP contribution in [0.1, 0.15) is 38.5 Å². The van der Waals surface area contributed by atoms with Crippen LogP contribution in [0.25, 0.3) is 22.3 Å². The van der Waals surface area contributed by atoms with E-state index >= 15 is 0 Å². The third kappa shape index (κ3) is 5.23. The number of ether oxygens (including phenoxy) is 1. The van der Waals surface area contributed by atoms with Crippen LogP contribution in [-0.4, -0.2) is 11.9 Å². The summed E-state index contributed by atoms with van der Waals surface area (Å²) in [7, 11) is 0. The summed E-state index contributed by atoms with van der Waals surface area (Å²) in [4.78, 5) is 13.0. The maximum atomic E-state index is 13.0. The first-order valence-electron chi connectivity index (χ1n) is 9.61. The Morgan fingerprint density at radius 3 is 2.26 bits per heavy atom. The molecule has 0 aliphatic heterocycles. The van der Waals surface area contributed by atoms with Crippen LogP contribution in [0.3, 0.4) is 0 Å². The van der Waals surface area contributed by atoms with Gasteiger partial charge in [0, 0.05) is 10.9 Å². The van der Waals surface area contributed by atoms with Crippen molar-refractivity contribution in [3.63, 3.8) is 0 Å². The van der Waals surface area contributed by atoms with Gasteiger partial charge in [-0.2, -0.15) is 0 Å². The van der Waals surface area contributed by atoms with E-state index in [1.165, 1.54) is 25.7 Å². The van der Waals surface area contributed by atoms with Gasteiger partial charge in [0.2, 0.25) is 11.2 Å². The Bertz CT molecular complexity index is 902. The second-order valence-corrected chi connectivity index (χ2v) is 7.40. The van der Waals surface area contributed by atoms with Crippen LogP contribution >= 0.6 is 15.9 Å². The Balaban J connectivity index is 1.75. The Morgan fingerprint density at radius 1 is 0.815 bits per heavy atom. The first-order valence-corrected chi connectivity index (χ1v) is 10.7. The van der Waals surface area contributed by atoms with Crippen LogP contribution in [0, 0.1) is 0 Å². The number of fused-ring (bicyclic) bond motifs is 1. The Labute approximate surface area is 168 Å². The van der Waals surface area contributed by atoms with E-state index in [1.54, 1.807) is 6.07 Å². The molecule has 27 heavy (non-hydrogen) atoms. The van der Waals surface area contributed by atoms with Crippen molar-refractivity contribution in [1.82, 2.24) is 0 Å². The van der Waals surface area contributed by atoms with Crippen LogP contribution in [0.4, 0.5) is 0 Å². The third-order valence-electron chi connectivity index (χ3n) is 4.57. The summed E-state index contributed by atoms with van der Waals surface area (Å²) in [6.07, 6.45) is 7.00. The van der Waals surface area contributed by atoms with E-state index in [1.807, 2.05) is 48.5 Å². The zero-order valence-electron chi connectivity index (χ0n) is 15.5. The molecule has 2 aromatic carbocycles. The predicted molar refractivity (Wildman–Crippen MR) is 115 cm³/mol. The molecular formula is C23H25BrO3. The molecule has 0 radical (unpaired) electrons. The molecule has 3 aromatic rings. The number of hydrogen-bond acceptors (Lipinski definition) is 3. The number of alkyl halides is 1. The second-order valence-electron chi connectivity index (χ2n) is 6.61. The fourth-order valence-corrected chi connectivity index (χ4v) is 3.51. The molecule has 0 aliphatic carbocycles. The highest BCUT2D eigenvalue weighted by Gasteiger charge is 2.17.